The molecule has 7 heteroatoms. The topological polar surface area (TPSA) is 83.8 Å². The van der Waals surface area contributed by atoms with Crippen molar-refractivity contribution < 1.29 is 24.5 Å². The van der Waals surface area contributed by atoms with Gasteiger partial charge in [-0.3, -0.25) is 4.79 Å². The number of aryl methyl sites for hydroxylation is 2. The maximum Gasteiger partial charge on any atom is 0.341 e. The fourth-order valence-electron chi connectivity index (χ4n) is 3.74. The van der Waals surface area contributed by atoms with Gasteiger partial charge in [-0.15, -0.1) is 23.5 Å². The summed E-state index contributed by atoms with van der Waals surface area (Å²) in [5.41, 5.74) is 6.56. The van der Waals surface area contributed by atoms with E-state index in [-0.39, 0.29) is 13.0 Å². The third-order valence-corrected chi connectivity index (χ3v) is 7.97. The summed E-state index contributed by atoms with van der Waals surface area (Å²) in [6.07, 6.45) is 4.23. The van der Waals surface area contributed by atoms with Crippen molar-refractivity contribution >= 4 is 35.5 Å². The van der Waals surface area contributed by atoms with Gasteiger partial charge in [0.2, 0.25) is 0 Å². The van der Waals surface area contributed by atoms with Crippen molar-refractivity contribution in [2.45, 2.75) is 43.9 Å². The fourth-order valence-corrected chi connectivity index (χ4v) is 5.64. The number of carboxylic acids is 2. The average molecular weight is 611 g/mol. The first-order valence-electron chi connectivity index (χ1n) is 13.6. The molecule has 2 N–H and O–H groups in total. The lowest BCUT2D eigenvalue weighted by atomic mass is 10.1. The number of hydrogen-bond donors (Lipinski definition) is 2. The van der Waals surface area contributed by atoms with E-state index in [1.54, 1.807) is 29.6 Å². The molecular weight excluding hydrogens is 577 g/mol. The van der Waals surface area contributed by atoms with Gasteiger partial charge in [-0.1, -0.05) is 41.9 Å². The summed E-state index contributed by atoms with van der Waals surface area (Å²) in [6, 6.07) is 19.5. The van der Waals surface area contributed by atoms with Gasteiger partial charge >= 0.3 is 11.9 Å². The molecular formula is C36H34O5S2. The number of thioether (sulfide) groups is 2. The number of ether oxygens (including phenoxy) is 1. The molecule has 5 nitrogen and oxygen atoms in total. The van der Waals surface area contributed by atoms with Crippen LogP contribution in [0.3, 0.4) is 0 Å². The molecule has 0 atom stereocenters. The summed E-state index contributed by atoms with van der Waals surface area (Å²) in [7, 11) is 0. The van der Waals surface area contributed by atoms with Crippen LogP contribution in [0.15, 0.2) is 93.8 Å². The summed E-state index contributed by atoms with van der Waals surface area (Å²) in [5, 5.41) is 17.8. The Balaban J connectivity index is 1.47. The van der Waals surface area contributed by atoms with Gasteiger partial charge in [0.15, 0.2) is 6.61 Å². The van der Waals surface area contributed by atoms with Crippen molar-refractivity contribution in [3.63, 3.8) is 0 Å². The number of benzene rings is 3. The summed E-state index contributed by atoms with van der Waals surface area (Å²) in [5.74, 6) is 13.1. The van der Waals surface area contributed by atoms with E-state index in [0.29, 0.717) is 5.75 Å². The van der Waals surface area contributed by atoms with Gasteiger partial charge in [0, 0.05) is 32.4 Å². The number of hydrogen-bond acceptors (Lipinski definition) is 5. The highest BCUT2D eigenvalue weighted by molar-refractivity contribution is 7.99. The smallest absolute Gasteiger partial charge is 0.341 e. The second-order valence-corrected chi connectivity index (χ2v) is 11.9. The molecule has 0 radical (unpaired) electrons. The van der Waals surface area contributed by atoms with Crippen LogP contribution in [-0.4, -0.2) is 40.3 Å². The zero-order valence-electron chi connectivity index (χ0n) is 24.7. The van der Waals surface area contributed by atoms with Crippen molar-refractivity contribution in [3.05, 3.63) is 112 Å². The molecule has 0 saturated carbocycles. The zero-order chi connectivity index (χ0) is 31.2. The van der Waals surface area contributed by atoms with Crippen LogP contribution in [0, 0.1) is 37.5 Å². The molecule has 0 aliphatic heterocycles. The lowest BCUT2D eigenvalue weighted by Gasteiger charge is -2.08. The van der Waals surface area contributed by atoms with Gasteiger partial charge in [-0.05, 0) is 110 Å². The molecule has 0 unspecified atom stereocenters. The monoisotopic (exact) mass is 610 g/mol. The largest absolute Gasteiger partial charge is 0.482 e. The van der Waals surface area contributed by atoms with Gasteiger partial charge < -0.3 is 14.9 Å². The highest BCUT2D eigenvalue weighted by Gasteiger charge is 2.06. The molecule has 220 valence electrons. The van der Waals surface area contributed by atoms with E-state index >= 15 is 0 Å². The fraction of sp³-hybridized carbons (Fsp3) is 0.222. The maximum absolute atomic E-state index is 10.9. The molecule has 0 fully saturated rings. The molecule has 0 heterocycles. The number of carbonyl (C=O) groups is 2. The van der Waals surface area contributed by atoms with Gasteiger partial charge in [-0.25, -0.2) is 4.79 Å². The molecule has 0 aliphatic carbocycles. The Labute approximate surface area is 262 Å². The minimum atomic E-state index is -0.995. The third kappa shape index (κ3) is 12.2. The predicted molar refractivity (Wildman–Crippen MR) is 176 cm³/mol. The summed E-state index contributed by atoms with van der Waals surface area (Å²) in [4.78, 5) is 23.8. The van der Waals surface area contributed by atoms with Gasteiger partial charge in [-0.2, -0.15) is 0 Å². The minimum Gasteiger partial charge on any atom is -0.482 e. The van der Waals surface area contributed by atoms with Crippen molar-refractivity contribution in [1.29, 1.82) is 0 Å². The van der Waals surface area contributed by atoms with Crippen LogP contribution in [0.4, 0.5) is 0 Å². The Morgan fingerprint density at radius 2 is 1.26 bits per heavy atom. The maximum atomic E-state index is 10.9. The number of allylic oxidation sites excluding steroid dienone is 2. The third-order valence-electron chi connectivity index (χ3n) is 6.13. The Morgan fingerprint density at radius 3 is 1.72 bits per heavy atom. The van der Waals surface area contributed by atoms with E-state index in [4.69, 9.17) is 14.9 Å². The van der Waals surface area contributed by atoms with E-state index in [0.717, 1.165) is 60.3 Å². The van der Waals surface area contributed by atoms with Crippen LogP contribution in [0.2, 0.25) is 0 Å². The molecule has 3 rings (SSSR count). The van der Waals surface area contributed by atoms with Crippen LogP contribution in [0.25, 0.3) is 0 Å². The molecule has 0 amide bonds. The molecule has 0 bridgehead atoms. The molecule has 0 aromatic heterocycles. The van der Waals surface area contributed by atoms with Crippen molar-refractivity contribution in [1.82, 2.24) is 0 Å². The quantitative estimate of drug-likeness (QED) is 0.171. The van der Waals surface area contributed by atoms with Gasteiger partial charge in [0.1, 0.15) is 5.75 Å². The number of aliphatic carboxylic acids is 2. The Kier molecular flexibility index (Phi) is 13.1. The lowest BCUT2D eigenvalue weighted by molar-refractivity contribution is -0.139. The van der Waals surface area contributed by atoms with Crippen LogP contribution < -0.4 is 4.74 Å². The number of rotatable bonds is 11. The van der Waals surface area contributed by atoms with E-state index in [1.807, 2.05) is 82.3 Å². The molecule has 0 spiro atoms. The molecule has 0 aliphatic rings. The van der Waals surface area contributed by atoms with Gasteiger partial charge in [0.05, 0.1) is 6.42 Å². The van der Waals surface area contributed by atoms with Crippen LogP contribution in [-0.2, 0) is 16.0 Å². The molecule has 0 saturated heterocycles. The second-order valence-electron chi connectivity index (χ2n) is 9.74. The van der Waals surface area contributed by atoms with E-state index in [2.05, 4.69) is 35.8 Å². The Hall–Kier alpha value is -4.30. The standard InChI is InChI=1S/C36H34O5S2/c1-25(17-19-42-32-14-13-31(23-35(37)38)27(3)21-32)5-7-29-9-11-30(12-10-29)8-6-26(2)18-20-43-33-15-16-34(28(4)22-33)41-24-36(39)40/h9-18,21-22H,19-20,23-24H2,1-4H3,(H,37,38)(H,39,40)/b25-17+,26-18+. The van der Waals surface area contributed by atoms with Crippen LogP contribution in [0.5, 0.6) is 5.75 Å². The minimum absolute atomic E-state index is 0.0448. The highest BCUT2D eigenvalue weighted by atomic mass is 32.2. The van der Waals surface area contributed by atoms with Crippen molar-refractivity contribution in [2.24, 2.45) is 0 Å². The number of carboxylic acid groups (broad SMARTS) is 2. The van der Waals surface area contributed by atoms with Crippen molar-refractivity contribution in [2.75, 3.05) is 18.1 Å². The van der Waals surface area contributed by atoms with E-state index < -0.39 is 11.9 Å². The average Bonchev–Trinajstić information content (AvgIpc) is 2.96. The predicted octanol–water partition coefficient (Wildman–Crippen LogP) is 7.57. The first kappa shape index (κ1) is 33.2. The van der Waals surface area contributed by atoms with Crippen LogP contribution in [0.1, 0.15) is 41.7 Å². The molecule has 3 aromatic carbocycles. The zero-order valence-corrected chi connectivity index (χ0v) is 26.3. The van der Waals surface area contributed by atoms with E-state index in [9.17, 15) is 9.59 Å². The van der Waals surface area contributed by atoms with Crippen LogP contribution >= 0.6 is 23.5 Å². The molecule has 3 aromatic rings. The first-order chi connectivity index (χ1) is 20.6. The Bertz CT molecular complexity index is 1640. The van der Waals surface area contributed by atoms with Crippen molar-refractivity contribution in [3.8, 4) is 29.4 Å². The summed E-state index contributed by atoms with van der Waals surface area (Å²) in [6.45, 7) is 7.48. The molecule has 43 heavy (non-hydrogen) atoms. The highest BCUT2D eigenvalue weighted by Crippen LogP contribution is 2.26. The lowest BCUT2D eigenvalue weighted by Crippen LogP contribution is -2.09. The summed E-state index contributed by atoms with van der Waals surface area (Å²) < 4.78 is 5.28. The normalized spacial score (nSPS) is 11.2. The van der Waals surface area contributed by atoms with Gasteiger partial charge in [0.25, 0.3) is 0 Å². The van der Waals surface area contributed by atoms with E-state index in [1.165, 1.54) is 0 Å². The summed E-state index contributed by atoms with van der Waals surface area (Å²) >= 11 is 3.37. The second kappa shape index (κ2) is 17.0. The SMILES string of the molecule is C/C(C#Cc1ccc(C#C/C(C)=C/CSc2ccc(OCC(=O)O)c(C)c2)cc1)=C\CSc1ccc(CC(=O)O)c(C)c1. The first-order valence-corrected chi connectivity index (χ1v) is 15.6. The Morgan fingerprint density at radius 1 is 0.744 bits per heavy atom.